The van der Waals surface area contributed by atoms with Crippen molar-refractivity contribution < 1.29 is 109 Å². The Balaban J connectivity index is 0. The van der Waals surface area contributed by atoms with Crippen molar-refractivity contribution in [3.05, 3.63) is 397 Å². The maximum absolute atomic E-state index is 10.9. The minimum atomic E-state index is -1.86. The van der Waals surface area contributed by atoms with Crippen LogP contribution in [0.4, 0.5) is 0 Å². The van der Waals surface area contributed by atoms with E-state index >= 15 is 0 Å². The van der Waals surface area contributed by atoms with E-state index in [-0.39, 0.29) is 186 Å². The van der Waals surface area contributed by atoms with Crippen molar-refractivity contribution in [3.63, 3.8) is 0 Å². The molecule has 18 heteroatoms. The number of allylic oxidation sites excluding steroid dienone is 20. The van der Waals surface area contributed by atoms with Gasteiger partial charge >= 0.3 is 46.1 Å². The molecule has 0 spiro atoms. The Morgan fingerprint density at radius 3 is 0.618 bits per heavy atom. The molecule has 0 heterocycles. The number of hydrogen-bond acceptors (Lipinski definition) is 10. The summed E-state index contributed by atoms with van der Waals surface area (Å²) < 4.78 is 0. The minimum absolute atomic E-state index is 0. The summed E-state index contributed by atoms with van der Waals surface area (Å²) in [4.78, 5) is 21.8. The molecular weight excluding hydrogens is 2010 g/mol. The van der Waals surface area contributed by atoms with Crippen LogP contribution in [0.5, 0.6) is 0 Å². The van der Waals surface area contributed by atoms with Crippen molar-refractivity contribution in [2.75, 3.05) is 12.3 Å². The zero-order valence-electron chi connectivity index (χ0n) is 91.1. The van der Waals surface area contributed by atoms with Crippen LogP contribution in [0.2, 0.25) is 0 Å². The van der Waals surface area contributed by atoms with E-state index in [9.17, 15) is 50.4 Å². The van der Waals surface area contributed by atoms with Gasteiger partial charge < -0.3 is 113 Å². The fourth-order valence-corrected chi connectivity index (χ4v) is 29.1. The summed E-state index contributed by atoms with van der Waals surface area (Å²) in [6.45, 7) is 70.6. The van der Waals surface area contributed by atoms with Gasteiger partial charge in [0.05, 0.1) is 60.1 Å². The first-order chi connectivity index (χ1) is 64.7. The van der Waals surface area contributed by atoms with Crippen molar-refractivity contribution in [2.45, 2.75) is 291 Å². The topological polar surface area (TPSA) is 196 Å². The van der Waals surface area contributed by atoms with Crippen molar-refractivity contribution in [2.24, 2.45) is 32.5 Å². The van der Waals surface area contributed by atoms with Crippen LogP contribution in [0.25, 0.3) is 0 Å². The van der Waals surface area contributed by atoms with Gasteiger partial charge in [-0.05, 0) is 335 Å². The first-order valence-corrected chi connectivity index (χ1v) is 53.0. The summed E-state index contributed by atoms with van der Waals surface area (Å²) in [5.41, 5.74) is 15.4. The molecule has 12 rings (SSSR count). The Morgan fingerprint density at radius 1 is 0.319 bits per heavy atom. The molecule has 0 saturated carbocycles. The average molecular weight is 2190 g/mol. The summed E-state index contributed by atoms with van der Waals surface area (Å²) in [5, 5.41) is 87.6. The largest absolute Gasteiger partial charge is 2.00 e. The number of hydrogen-bond donors (Lipinski definition) is 8. The standard InChI is InChI=1S/2C33H38OP.2C15H24O2.2C13H20O2.2C2H3.2BrH.2ClH.2Mg/c2*1-26(20-21-32-27(2)24-28(34)25-33(32,3)4)22-23-35(29-14-8-5-9-15-29,30-16-10-6-11-17-30)31-18-12-7-13-19-31;2*1-6-15(5,17)8-7-13-11(2)9-12(16)10-14(13,3)4;2*1-9-7-11(15)8-13(3,4)12(9)6-5-10(2)14;2*1-2;;;;;;/h2*5-22,28,34H,23-25H2,1-4H3;2*6-8,12,16-17H,1,9-10H2,2-5H3;2*5-6,11,15H,7-8H2,1-4H3;2*1H,2H2;4*1H;;/q2*+1;;;;;2*-1;;;;;2*+2/p-4/b2*21-20+,26-22+;2*8-7+;2*6-5+;;;;;;;;/t2*28-;2*12-,15?;2*11-;;;;;;;;/m101010......../s1. The molecule has 6 aromatic rings. The fraction of sp³-hybridized carbons (Fsp3) is 0.413. The second kappa shape index (κ2) is 64.3. The molecule has 0 aliphatic heterocycles. The predicted octanol–water partition coefficient (Wildman–Crippen LogP) is 13.6. The summed E-state index contributed by atoms with van der Waals surface area (Å²) in [7, 11) is -3.73. The van der Waals surface area contributed by atoms with Crippen LogP contribution in [-0.4, -0.2) is 159 Å². The minimum Gasteiger partial charge on any atom is -1.00 e. The van der Waals surface area contributed by atoms with Crippen molar-refractivity contribution >= 4 is 104 Å². The fourth-order valence-electron chi connectivity index (χ4n) is 20.9. The summed E-state index contributed by atoms with van der Waals surface area (Å²) >= 11 is 0. The van der Waals surface area contributed by atoms with Gasteiger partial charge in [-0.1, -0.05) is 311 Å². The molecule has 0 bridgehead atoms. The first kappa shape index (κ1) is 140. The quantitative estimate of drug-likeness (QED) is 0.00721. The molecule has 6 aromatic carbocycles. The molecule has 0 amide bonds. The van der Waals surface area contributed by atoms with Crippen LogP contribution in [0.1, 0.15) is 243 Å². The summed E-state index contributed by atoms with van der Waals surface area (Å²) in [6, 6.07) is 66.3. The molecule has 6 aliphatic carbocycles. The number of ketones is 2. The number of benzene rings is 6. The summed E-state index contributed by atoms with van der Waals surface area (Å²) in [5.74, 6) is 0.134. The van der Waals surface area contributed by atoms with Crippen molar-refractivity contribution in [1.82, 2.24) is 0 Å². The third-order valence-corrected chi connectivity index (χ3v) is 36.0. The maximum atomic E-state index is 10.9. The van der Waals surface area contributed by atoms with Crippen molar-refractivity contribution in [3.8, 4) is 0 Å². The number of carbonyl (C=O) groups excluding carboxylic acids is 2. The Labute approximate surface area is 937 Å². The van der Waals surface area contributed by atoms with Crippen LogP contribution < -0.4 is 90.6 Å². The third kappa shape index (κ3) is 42.1. The van der Waals surface area contributed by atoms with Gasteiger partial charge in [-0.3, -0.25) is 22.7 Å². The molecule has 6 aliphatic rings. The van der Waals surface area contributed by atoms with Gasteiger partial charge in [-0.25, -0.2) is 0 Å². The molecule has 8 atom stereocenters. The first-order valence-electron chi connectivity index (χ1n) is 49.1. The third-order valence-electron chi connectivity index (χ3n) is 27.4. The summed E-state index contributed by atoms with van der Waals surface area (Å²) in [6.07, 6.45) is 41.2. The van der Waals surface area contributed by atoms with E-state index in [1.807, 2.05) is 52.0 Å². The Bertz CT molecular complexity index is 4930. The second-order valence-corrected chi connectivity index (χ2v) is 49.9. The predicted molar refractivity (Wildman–Crippen MR) is 607 cm³/mol. The number of aliphatic hydroxyl groups excluding tert-OH is 6. The van der Waals surface area contributed by atoms with Gasteiger partial charge in [0.1, 0.15) is 46.4 Å². The van der Waals surface area contributed by atoms with E-state index < -0.39 is 25.7 Å². The normalized spacial score (nSPS) is 21.3. The second-order valence-electron chi connectivity index (χ2n) is 42.8. The molecule has 8 N–H and O–H groups in total. The molecule has 0 radical (unpaired) electrons. The zero-order valence-corrected chi connectivity index (χ0v) is 100. The van der Waals surface area contributed by atoms with E-state index in [1.54, 1.807) is 52.0 Å². The Hall–Kier alpha value is -6.41. The van der Waals surface area contributed by atoms with Gasteiger partial charge in [0.15, 0.2) is 11.6 Å². The smallest absolute Gasteiger partial charge is 1.00 e. The van der Waals surface area contributed by atoms with E-state index in [0.29, 0.717) is 0 Å². The van der Waals surface area contributed by atoms with Gasteiger partial charge in [-0.2, -0.15) is 0 Å². The number of halogens is 4. The van der Waals surface area contributed by atoms with Crippen LogP contribution in [0.3, 0.4) is 0 Å². The average Bonchev–Trinajstić information content (AvgIpc) is 0.755. The Morgan fingerprint density at radius 2 is 0.472 bits per heavy atom. The molecule has 0 aromatic heterocycles. The molecule has 776 valence electrons. The van der Waals surface area contributed by atoms with Gasteiger partial charge in [-0.15, -0.1) is 0 Å². The van der Waals surface area contributed by atoms with Gasteiger partial charge in [0.2, 0.25) is 0 Å². The maximum Gasteiger partial charge on any atom is 2.00 e. The molecule has 144 heavy (non-hydrogen) atoms. The number of rotatable bonds is 24. The Kier molecular flexibility index (Phi) is 62.4. The van der Waals surface area contributed by atoms with Crippen LogP contribution in [0.15, 0.2) is 384 Å². The van der Waals surface area contributed by atoms with Crippen molar-refractivity contribution in [1.29, 1.82) is 0 Å². The molecule has 0 saturated heterocycles. The SMILES string of the molecule is C=CC(C)(O)/C=C/C1=C(C)C[C@@H](O)CC1(C)C.C=CC(C)(O)/C=C/C1=C(C)C[C@H](O)CC1(C)C.CC(=O)/C=C/C1=C(C)C[C@@H](O)CC1(C)C.CC(=O)/C=C/C1=C(C)C[C@H](O)CC1(C)C.CC1=C(/C=C/C(C)=C/C[P+](c2ccccc2)(c2ccccc2)c2ccccc2)C(C)(C)C[C@@H](O)C1.CC1=C(/C=C/C(C)=C/C[P+](c2ccccc2)(c2ccccc2)c2ccccc2)C(C)(C)C[C@H](O)C1.[Br-].[Br-].[CH-]=C.[CH-]=C.[Cl-].[Cl-].[Mg+2].[Mg+2]. The van der Waals surface area contributed by atoms with Gasteiger partial charge in [0.25, 0.3) is 0 Å². The molecule has 2 unspecified atom stereocenters. The number of aliphatic hydroxyl groups is 8. The van der Waals surface area contributed by atoms with Crippen LogP contribution >= 0.6 is 14.5 Å². The van der Waals surface area contributed by atoms with E-state index in [1.165, 1.54) is 122 Å². The van der Waals surface area contributed by atoms with E-state index in [0.717, 1.165) is 89.4 Å². The monoisotopic (exact) mass is 2180 g/mol. The van der Waals surface area contributed by atoms with Crippen LogP contribution in [0, 0.1) is 45.6 Å². The zero-order chi connectivity index (χ0) is 104. The number of carbonyl (C=O) groups is 2. The van der Waals surface area contributed by atoms with E-state index in [4.69, 9.17) is 0 Å². The van der Waals surface area contributed by atoms with E-state index in [2.05, 4.69) is 369 Å². The molecule has 10 nitrogen and oxygen atoms in total. The van der Waals surface area contributed by atoms with Crippen LogP contribution in [-0.2, 0) is 9.59 Å². The molecular formula is C126H170Br2Cl2Mg2O10P2. The molecule has 0 fully saturated rings. The van der Waals surface area contributed by atoms with Gasteiger partial charge in [0, 0.05) is 0 Å².